The summed E-state index contributed by atoms with van der Waals surface area (Å²) in [7, 11) is 0. The molecule has 2 aromatic carbocycles. The quantitative estimate of drug-likeness (QED) is 0.359. The molecule has 0 aliphatic heterocycles. The molecule has 2 aromatic rings. The average Bonchev–Trinajstić information content (AvgIpc) is 2.69. The lowest BCUT2D eigenvalue weighted by Gasteiger charge is -2.15. The van der Waals surface area contributed by atoms with Crippen LogP contribution in [0.1, 0.15) is 60.2 Å². The van der Waals surface area contributed by atoms with Gasteiger partial charge < -0.3 is 9.47 Å². The monoisotopic (exact) mass is 400 g/mol. The minimum Gasteiger partial charge on any atom is -0.458 e. The molecule has 0 amide bonds. The molecule has 6 heteroatoms. The van der Waals surface area contributed by atoms with Gasteiger partial charge in [0.05, 0.1) is 11.1 Å². The van der Waals surface area contributed by atoms with E-state index in [9.17, 15) is 18.4 Å². The largest absolute Gasteiger partial charge is 0.458 e. The van der Waals surface area contributed by atoms with Crippen molar-refractivity contribution in [3.8, 4) is 17.6 Å². The van der Waals surface area contributed by atoms with Gasteiger partial charge in [-0.2, -0.15) is 0 Å². The first kappa shape index (κ1) is 22.1. The van der Waals surface area contributed by atoms with E-state index in [1.165, 1.54) is 12.1 Å². The van der Waals surface area contributed by atoms with Gasteiger partial charge in [0, 0.05) is 31.0 Å². The van der Waals surface area contributed by atoms with E-state index in [4.69, 9.17) is 9.47 Å². The second kappa shape index (κ2) is 11.0. The summed E-state index contributed by atoms with van der Waals surface area (Å²) in [5.41, 5.74) is -0.0524. The van der Waals surface area contributed by atoms with Crippen LogP contribution in [0, 0.1) is 23.5 Å². The van der Waals surface area contributed by atoms with Crippen LogP contribution >= 0.6 is 0 Å². The summed E-state index contributed by atoms with van der Waals surface area (Å²) in [6.45, 7) is 3.90. The maximum atomic E-state index is 13.3. The van der Waals surface area contributed by atoms with Gasteiger partial charge in [0.25, 0.3) is 0 Å². The summed E-state index contributed by atoms with van der Waals surface area (Å²) in [5.74, 6) is 2.32. The molecule has 0 N–H and O–H groups in total. The Balaban J connectivity index is 2.15. The summed E-state index contributed by atoms with van der Waals surface area (Å²) in [4.78, 5) is 25.1. The maximum Gasteiger partial charge on any atom is 0.344 e. The van der Waals surface area contributed by atoms with Gasteiger partial charge in [-0.1, -0.05) is 31.9 Å². The maximum absolute atomic E-state index is 13.3. The second-order valence-electron chi connectivity index (χ2n) is 6.28. The van der Waals surface area contributed by atoms with Gasteiger partial charge in [-0.15, -0.1) is 5.92 Å². The van der Waals surface area contributed by atoms with Crippen molar-refractivity contribution in [1.29, 1.82) is 0 Å². The number of halogens is 2. The standard InChI is InChI=1S/C23H22F2O4/c1-3-5-6-7-10-18(4-2)28-22(26)20-11-8-9-12-21(20)23(27)29-19-14-16(24)13-17(25)15-19/h8-9,11-15,18H,3-5,10H2,1-2H3. The molecule has 29 heavy (non-hydrogen) atoms. The van der Waals surface area contributed by atoms with Crippen LogP contribution in [0.5, 0.6) is 5.75 Å². The Hall–Kier alpha value is -3.20. The highest BCUT2D eigenvalue weighted by atomic mass is 19.1. The van der Waals surface area contributed by atoms with E-state index in [1.807, 2.05) is 13.8 Å². The zero-order valence-corrected chi connectivity index (χ0v) is 16.3. The topological polar surface area (TPSA) is 52.6 Å². The van der Waals surface area contributed by atoms with Gasteiger partial charge in [0.2, 0.25) is 0 Å². The smallest absolute Gasteiger partial charge is 0.344 e. The first-order valence-electron chi connectivity index (χ1n) is 9.38. The lowest BCUT2D eigenvalue weighted by atomic mass is 10.1. The number of benzene rings is 2. The third-order valence-corrected chi connectivity index (χ3v) is 3.97. The van der Waals surface area contributed by atoms with E-state index in [0.29, 0.717) is 18.9 Å². The molecule has 0 saturated carbocycles. The summed E-state index contributed by atoms with van der Waals surface area (Å²) in [6.07, 6.45) is 2.29. The number of unbranched alkanes of at least 4 members (excludes halogenated alkanes) is 1. The molecular weight excluding hydrogens is 378 g/mol. The summed E-state index contributed by atoms with van der Waals surface area (Å²) in [6, 6.07) is 8.37. The Kier molecular flexibility index (Phi) is 8.35. The van der Waals surface area contributed by atoms with Gasteiger partial charge in [-0.05, 0) is 25.0 Å². The number of ether oxygens (including phenoxy) is 2. The van der Waals surface area contributed by atoms with Gasteiger partial charge in [-0.3, -0.25) is 0 Å². The Bertz CT molecular complexity index is 908. The van der Waals surface area contributed by atoms with Crippen molar-refractivity contribution >= 4 is 11.9 Å². The Morgan fingerprint density at radius 2 is 1.59 bits per heavy atom. The molecule has 0 aliphatic rings. The molecule has 0 bridgehead atoms. The number of carbonyl (C=O) groups is 2. The van der Waals surface area contributed by atoms with E-state index in [-0.39, 0.29) is 16.9 Å². The Morgan fingerprint density at radius 3 is 2.17 bits per heavy atom. The molecular formula is C23H22F2O4. The van der Waals surface area contributed by atoms with E-state index < -0.39 is 29.7 Å². The lowest BCUT2D eigenvalue weighted by molar-refractivity contribution is 0.0299. The van der Waals surface area contributed by atoms with Gasteiger partial charge in [-0.25, -0.2) is 18.4 Å². The van der Waals surface area contributed by atoms with Gasteiger partial charge >= 0.3 is 11.9 Å². The molecule has 0 spiro atoms. The van der Waals surface area contributed by atoms with Crippen molar-refractivity contribution < 1.29 is 27.8 Å². The minimum absolute atomic E-state index is 0.00865. The third kappa shape index (κ3) is 6.72. The molecule has 0 aliphatic carbocycles. The van der Waals surface area contributed by atoms with Crippen LogP contribution in [0.4, 0.5) is 8.78 Å². The molecule has 0 radical (unpaired) electrons. The highest BCUT2D eigenvalue weighted by Gasteiger charge is 2.22. The SMILES string of the molecule is CCCC#CCC(CC)OC(=O)c1ccccc1C(=O)Oc1cc(F)cc(F)c1. The third-order valence-electron chi connectivity index (χ3n) is 3.97. The van der Waals surface area contributed by atoms with E-state index in [2.05, 4.69) is 11.8 Å². The summed E-state index contributed by atoms with van der Waals surface area (Å²) in [5, 5.41) is 0. The molecule has 1 unspecified atom stereocenters. The van der Waals surface area contributed by atoms with Crippen LogP contribution in [0.15, 0.2) is 42.5 Å². The van der Waals surface area contributed by atoms with E-state index in [1.54, 1.807) is 12.1 Å². The molecule has 0 aromatic heterocycles. The van der Waals surface area contributed by atoms with Crippen molar-refractivity contribution in [2.24, 2.45) is 0 Å². The average molecular weight is 400 g/mol. The zero-order chi connectivity index (χ0) is 21.2. The molecule has 1 atom stereocenters. The molecule has 4 nitrogen and oxygen atoms in total. The normalized spacial score (nSPS) is 11.2. The fourth-order valence-corrected chi connectivity index (χ4v) is 2.47. The predicted octanol–water partition coefficient (Wildman–Crippen LogP) is 5.31. The second-order valence-corrected chi connectivity index (χ2v) is 6.28. The molecule has 0 saturated heterocycles. The van der Waals surface area contributed by atoms with Crippen LogP contribution in [-0.4, -0.2) is 18.0 Å². The van der Waals surface area contributed by atoms with Crippen LogP contribution in [0.25, 0.3) is 0 Å². The molecule has 152 valence electrons. The van der Waals surface area contributed by atoms with Crippen LogP contribution < -0.4 is 4.74 Å². The number of esters is 2. The van der Waals surface area contributed by atoms with E-state index in [0.717, 1.165) is 25.0 Å². The first-order valence-corrected chi connectivity index (χ1v) is 9.38. The summed E-state index contributed by atoms with van der Waals surface area (Å²) >= 11 is 0. The first-order chi connectivity index (χ1) is 13.9. The van der Waals surface area contributed by atoms with Crippen LogP contribution in [0.2, 0.25) is 0 Å². The van der Waals surface area contributed by atoms with E-state index >= 15 is 0 Å². The highest BCUT2D eigenvalue weighted by Crippen LogP contribution is 2.19. The predicted molar refractivity (Wildman–Crippen MR) is 105 cm³/mol. The van der Waals surface area contributed by atoms with Crippen molar-refractivity contribution in [2.75, 3.05) is 0 Å². The highest BCUT2D eigenvalue weighted by molar-refractivity contribution is 6.03. The Morgan fingerprint density at radius 1 is 0.966 bits per heavy atom. The molecule has 2 rings (SSSR count). The fourth-order valence-electron chi connectivity index (χ4n) is 2.47. The number of hydrogen-bond donors (Lipinski definition) is 0. The van der Waals surface area contributed by atoms with Gasteiger partial charge in [0.1, 0.15) is 23.5 Å². The van der Waals surface area contributed by atoms with Crippen LogP contribution in [0.3, 0.4) is 0 Å². The molecule has 0 heterocycles. The lowest BCUT2D eigenvalue weighted by Crippen LogP contribution is -2.20. The van der Waals surface area contributed by atoms with Crippen LogP contribution in [-0.2, 0) is 4.74 Å². The zero-order valence-electron chi connectivity index (χ0n) is 16.3. The number of carbonyl (C=O) groups excluding carboxylic acids is 2. The summed E-state index contributed by atoms with van der Waals surface area (Å²) < 4.78 is 37.1. The number of rotatable bonds is 7. The van der Waals surface area contributed by atoms with Crippen molar-refractivity contribution in [3.05, 3.63) is 65.2 Å². The fraction of sp³-hybridized carbons (Fsp3) is 0.304. The number of hydrogen-bond acceptors (Lipinski definition) is 4. The Labute approximate surface area is 168 Å². The van der Waals surface area contributed by atoms with Crippen molar-refractivity contribution in [2.45, 2.75) is 45.6 Å². The van der Waals surface area contributed by atoms with Crippen molar-refractivity contribution in [1.82, 2.24) is 0 Å². The van der Waals surface area contributed by atoms with Crippen molar-refractivity contribution in [3.63, 3.8) is 0 Å². The minimum atomic E-state index is -0.918. The molecule has 0 fully saturated rings. The van der Waals surface area contributed by atoms with Gasteiger partial charge in [0.15, 0.2) is 0 Å².